The quantitative estimate of drug-likeness (QED) is 0.888. The van der Waals surface area contributed by atoms with E-state index in [9.17, 15) is 4.79 Å². The first kappa shape index (κ1) is 13.5. The number of hydrogen-bond acceptors (Lipinski definition) is 2. The Morgan fingerprint density at radius 2 is 2.05 bits per heavy atom. The molecule has 102 valence electrons. The number of para-hydroxylation sites is 1. The van der Waals surface area contributed by atoms with Crippen molar-refractivity contribution in [3.8, 4) is 5.75 Å². The molecule has 3 rings (SSSR count). The van der Waals surface area contributed by atoms with E-state index in [0.29, 0.717) is 21.7 Å². The molecule has 1 atom stereocenters. The zero-order valence-corrected chi connectivity index (χ0v) is 12.7. The molecule has 3 nitrogen and oxygen atoms in total. The van der Waals surface area contributed by atoms with Gasteiger partial charge in [0.15, 0.2) is 0 Å². The van der Waals surface area contributed by atoms with Gasteiger partial charge in [-0.25, -0.2) is 0 Å². The summed E-state index contributed by atoms with van der Waals surface area (Å²) in [5, 5.41) is 3.36. The van der Waals surface area contributed by atoms with Gasteiger partial charge in [-0.05, 0) is 34.1 Å². The Labute approximate surface area is 130 Å². The third-order valence-corrected chi connectivity index (χ3v) is 4.50. The van der Waals surface area contributed by atoms with Crippen LogP contribution in [0.2, 0.25) is 5.02 Å². The first-order valence-electron chi connectivity index (χ1n) is 6.13. The second kappa shape index (κ2) is 5.46. The van der Waals surface area contributed by atoms with Gasteiger partial charge >= 0.3 is 0 Å². The molecular weight excluding hydrogens is 342 g/mol. The average molecular weight is 353 g/mol. The van der Waals surface area contributed by atoms with Crippen LogP contribution in [0, 0.1) is 0 Å². The number of rotatable bonds is 2. The lowest BCUT2D eigenvalue weighted by atomic mass is 10.1. The number of benzene rings is 2. The molecule has 2 aromatic rings. The summed E-state index contributed by atoms with van der Waals surface area (Å²) in [6.07, 6.45) is 0. The van der Waals surface area contributed by atoms with Crippen LogP contribution in [0.3, 0.4) is 0 Å². The van der Waals surface area contributed by atoms with E-state index in [4.69, 9.17) is 16.3 Å². The maximum Gasteiger partial charge on any atom is 0.253 e. The summed E-state index contributed by atoms with van der Waals surface area (Å²) in [5.74, 6) is 0.611. The molecule has 1 aliphatic heterocycles. The van der Waals surface area contributed by atoms with Crippen molar-refractivity contribution in [2.75, 3.05) is 6.61 Å². The van der Waals surface area contributed by atoms with Crippen molar-refractivity contribution in [3.05, 3.63) is 63.1 Å². The number of carbonyl (C=O) groups excluding carboxylic acids is 1. The minimum atomic E-state index is -0.207. The minimum absolute atomic E-state index is 0.145. The molecule has 1 aliphatic rings. The fourth-order valence-corrected chi connectivity index (χ4v) is 2.78. The monoisotopic (exact) mass is 351 g/mol. The maximum absolute atomic E-state index is 12.3. The lowest BCUT2D eigenvalue weighted by molar-refractivity contribution is 0.0930. The van der Waals surface area contributed by atoms with Crippen molar-refractivity contribution >= 4 is 33.4 Å². The number of halogens is 2. The number of amides is 1. The van der Waals surface area contributed by atoms with E-state index in [2.05, 4.69) is 21.2 Å². The molecule has 1 heterocycles. The third-order valence-electron chi connectivity index (χ3n) is 3.20. The molecule has 1 unspecified atom stereocenters. The lowest BCUT2D eigenvalue weighted by Crippen LogP contribution is -2.29. The first-order chi connectivity index (χ1) is 9.66. The molecule has 0 saturated carbocycles. The molecule has 1 N–H and O–H groups in total. The van der Waals surface area contributed by atoms with Gasteiger partial charge in [0.25, 0.3) is 5.91 Å². The Balaban J connectivity index is 1.83. The van der Waals surface area contributed by atoms with Crippen molar-refractivity contribution < 1.29 is 9.53 Å². The van der Waals surface area contributed by atoms with Gasteiger partial charge in [-0.2, -0.15) is 0 Å². The number of ether oxygens (including phenoxy) is 1. The van der Waals surface area contributed by atoms with E-state index in [1.165, 1.54) is 0 Å². The Hall–Kier alpha value is -1.52. The fraction of sp³-hybridized carbons (Fsp3) is 0.133. The van der Waals surface area contributed by atoms with Gasteiger partial charge in [0, 0.05) is 10.0 Å². The predicted octanol–water partition coefficient (Wildman–Crippen LogP) is 3.97. The highest BCUT2D eigenvalue weighted by Gasteiger charge is 2.26. The van der Waals surface area contributed by atoms with Crippen molar-refractivity contribution in [1.82, 2.24) is 5.32 Å². The van der Waals surface area contributed by atoms with Crippen LogP contribution in [-0.2, 0) is 0 Å². The molecule has 0 bridgehead atoms. The lowest BCUT2D eigenvalue weighted by Gasteiger charge is -2.13. The first-order valence-corrected chi connectivity index (χ1v) is 7.30. The summed E-state index contributed by atoms with van der Waals surface area (Å²) in [4.78, 5) is 12.3. The van der Waals surface area contributed by atoms with E-state index < -0.39 is 0 Å². The Morgan fingerprint density at radius 1 is 1.25 bits per heavy atom. The molecule has 0 aromatic heterocycles. The average Bonchev–Trinajstić information content (AvgIpc) is 2.85. The summed E-state index contributed by atoms with van der Waals surface area (Å²) in [7, 11) is 0. The molecule has 0 radical (unpaired) electrons. The fourth-order valence-electron chi connectivity index (χ4n) is 2.20. The largest absolute Gasteiger partial charge is 0.491 e. The zero-order valence-electron chi connectivity index (χ0n) is 10.4. The van der Waals surface area contributed by atoms with Gasteiger partial charge in [-0.1, -0.05) is 35.9 Å². The van der Waals surface area contributed by atoms with Gasteiger partial charge in [0.2, 0.25) is 0 Å². The predicted molar refractivity (Wildman–Crippen MR) is 81.3 cm³/mol. The number of fused-ring (bicyclic) bond motifs is 1. The van der Waals surface area contributed by atoms with E-state index in [1.807, 2.05) is 24.3 Å². The molecule has 0 aliphatic carbocycles. The highest BCUT2D eigenvalue weighted by Crippen LogP contribution is 2.32. The molecule has 0 saturated heterocycles. The van der Waals surface area contributed by atoms with Crippen LogP contribution < -0.4 is 10.1 Å². The summed E-state index contributed by atoms with van der Waals surface area (Å²) in [6.45, 7) is 0.441. The number of carbonyl (C=O) groups is 1. The van der Waals surface area contributed by atoms with Crippen LogP contribution in [0.4, 0.5) is 0 Å². The molecule has 0 fully saturated rings. The number of nitrogens with one attached hydrogen (secondary N) is 1. The standard InChI is InChI=1S/C15H11BrClNO2/c16-11-6-3-5-10(14(11)17)15(19)18-12-8-20-13-7-2-1-4-9(12)13/h1-7,12H,8H2,(H,18,19). The Morgan fingerprint density at radius 3 is 2.90 bits per heavy atom. The molecular formula is C15H11BrClNO2. The van der Waals surface area contributed by atoms with Gasteiger partial charge < -0.3 is 10.1 Å². The summed E-state index contributed by atoms with van der Waals surface area (Å²) >= 11 is 9.45. The topological polar surface area (TPSA) is 38.3 Å². The van der Waals surface area contributed by atoms with Gasteiger partial charge in [-0.15, -0.1) is 0 Å². The second-order valence-electron chi connectivity index (χ2n) is 4.48. The minimum Gasteiger partial charge on any atom is -0.491 e. The van der Waals surface area contributed by atoms with E-state index in [0.717, 1.165) is 11.3 Å². The van der Waals surface area contributed by atoms with Crippen molar-refractivity contribution in [2.24, 2.45) is 0 Å². The van der Waals surface area contributed by atoms with E-state index in [-0.39, 0.29) is 11.9 Å². The zero-order chi connectivity index (χ0) is 14.1. The van der Waals surface area contributed by atoms with E-state index >= 15 is 0 Å². The number of hydrogen-bond donors (Lipinski definition) is 1. The highest BCUT2D eigenvalue weighted by molar-refractivity contribution is 9.10. The van der Waals surface area contributed by atoms with Gasteiger partial charge in [0.1, 0.15) is 12.4 Å². The molecule has 20 heavy (non-hydrogen) atoms. The molecule has 5 heteroatoms. The van der Waals surface area contributed by atoms with Crippen LogP contribution in [0.15, 0.2) is 46.9 Å². The Bertz CT molecular complexity index is 675. The molecule has 1 amide bonds. The van der Waals surface area contributed by atoms with Crippen LogP contribution in [0.5, 0.6) is 5.75 Å². The second-order valence-corrected chi connectivity index (χ2v) is 5.71. The van der Waals surface area contributed by atoms with Crippen molar-refractivity contribution in [2.45, 2.75) is 6.04 Å². The normalized spacial score (nSPS) is 16.4. The third kappa shape index (κ3) is 2.41. The SMILES string of the molecule is O=C(NC1COc2ccccc21)c1cccc(Br)c1Cl. The maximum atomic E-state index is 12.3. The van der Waals surface area contributed by atoms with Crippen LogP contribution in [-0.4, -0.2) is 12.5 Å². The van der Waals surface area contributed by atoms with Gasteiger partial charge in [0.05, 0.1) is 16.6 Å². The summed E-state index contributed by atoms with van der Waals surface area (Å²) in [5.41, 5.74) is 1.44. The summed E-state index contributed by atoms with van der Waals surface area (Å²) in [6, 6.07) is 12.8. The van der Waals surface area contributed by atoms with Gasteiger partial charge in [-0.3, -0.25) is 4.79 Å². The smallest absolute Gasteiger partial charge is 0.253 e. The van der Waals surface area contributed by atoms with Crippen molar-refractivity contribution in [3.63, 3.8) is 0 Å². The van der Waals surface area contributed by atoms with Crippen LogP contribution >= 0.6 is 27.5 Å². The van der Waals surface area contributed by atoms with Crippen LogP contribution in [0.1, 0.15) is 22.0 Å². The molecule has 2 aromatic carbocycles. The van der Waals surface area contributed by atoms with Crippen LogP contribution in [0.25, 0.3) is 0 Å². The van der Waals surface area contributed by atoms with E-state index in [1.54, 1.807) is 18.2 Å². The Kier molecular flexibility index (Phi) is 3.68. The van der Waals surface area contributed by atoms with Crippen molar-refractivity contribution in [1.29, 1.82) is 0 Å². The molecule has 0 spiro atoms. The highest BCUT2D eigenvalue weighted by atomic mass is 79.9. The summed E-state index contributed by atoms with van der Waals surface area (Å²) < 4.78 is 6.25.